The zero-order chi connectivity index (χ0) is 24.2. The number of amides is 1. The minimum atomic E-state index is -0.201. The van der Waals surface area contributed by atoms with Crippen LogP contribution >= 0.6 is 0 Å². The number of cyclic esters (lactones) is 1. The molecule has 0 bridgehead atoms. The van der Waals surface area contributed by atoms with Crippen molar-refractivity contribution in [1.82, 2.24) is 30.0 Å². The van der Waals surface area contributed by atoms with E-state index in [2.05, 4.69) is 33.4 Å². The molecule has 9 nitrogen and oxygen atoms in total. The van der Waals surface area contributed by atoms with E-state index in [1.165, 1.54) is 11.1 Å². The number of carbonyl (C=O) groups is 2. The number of benzene rings is 2. The summed E-state index contributed by atoms with van der Waals surface area (Å²) in [6.45, 7) is 6.76. The fourth-order valence-corrected chi connectivity index (χ4v) is 4.94. The van der Waals surface area contributed by atoms with Gasteiger partial charge >= 0.3 is 5.97 Å². The molecule has 0 N–H and O–H groups in total. The van der Waals surface area contributed by atoms with Gasteiger partial charge in [-0.2, -0.15) is 0 Å². The third kappa shape index (κ3) is 5.09. The Balaban J connectivity index is 1.12. The lowest BCUT2D eigenvalue weighted by Crippen LogP contribution is -2.49. The maximum absolute atomic E-state index is 12.8. The first-order valence-corrected chi connectivity index (χ1v) is 12.3. The summed E-state index contributed by atoms with van der Waals surface area (Å²) in [7, 11) is 0. The third-order valence-electron chi connectivity index (χ3n) is 6.92. The van der Waals surface area contributed by atoms with Crippen LogP contribution in [0.4, 0.5) is 0 Å². The minimum absolute atomic E-state index is 0.161. The van der Waals surface area contributed by atoms with E-state index in [-0.39, 0.29) is 11.9 Å². The fraction of sp³-hybridized carbons (Fsp3) is 0.423. The molecule has 1 aromatic heterocycles. The van der Waals surface area contributed by atoms with Crippen LogP contribution in [0.5, 0.6) is 0 Å². The van der Waals surface area contributed by atoms with Crippen molar-refractivity contribution in [3.63, 3.8) is 0 Å². The van der Waals surface area contributed by atoms with Crippen molar-refractivity contribution in [1.29, 1.82) is 0 Å². The average molecular weight is 475 g/mol. The van der Waals surface area contributed by atoms with Crippen LogP contribution in [-0.2, 0) is 35.4 Å². The maximum Gasteiger partial charge on any atom is 0.338 e. The first-order valence-electron chi connectivity index (χ1n) is 12.3. The molecule has 3 heterocycles. The zero-order valence-corrected chi connectivity index (χ0v) is 20.0. The van der Waals surface area contributed by atoms with Crippen LogP contribution in [0, 0.1) is 0 Å². The Morgan fingerprint density at radius 2 is 1.83 bits per heavy atom. The molecule has 2 aliphatic heterocycles. The molecule has 0 unspecified atom stereocenters. The molecule has 5 rings (SSSR count). The van der Waals surface area contributed by atoms with Crippen LogP contribution < -0.4 is 0 Å². The normalized spacial score (nSPS) is 15.8. The molecule has 2 aliphatic rings. The monoisotopic (exact) mass is 474 g/mol. The van der Waals surface area contributed by atoms with E-state index < -0.39 is 0 Å². The van der Waals surface area contributed by atoms with Gasteiger partial charge in [0.25, 0.3) is 0 Å². The number of tetrazole rings is 1. The lowest BCUT2D eigenvalue weighted by atomic mass is 9.92. The Bertz CT molecular complexity index is 1180. The SMILES string of the molecule is CCCc1c(CCN2CCN(C(=O)Cc3ccc(-n4cnnn4)cc3)CC2)ccc2c1COC2=O. The lowest BCUT2D eigenvalue weighted by molar-refractivity contribution is -0.132. The molecular weight excluding hydrogens is 444 g/mol. The standard InChI is InChI=1S/C26H30N6O3/c1-2-3-22-20(6-9-23-24(22)17-35-26(23)34)10-11-30-12-14-31(15-13-30)25(33)16-19-4-7-21(8-5-19)32-18-27-28-29-32/h4-9,18H,2-3,10-17H2,1H3. The number of carbonyl (C=O) groups excluding carboxylic acids is 2. The Morgan fingerprint density at radius 3 is 2.54 bits per heavy atom. The number of hydrogen-bond acceptors (Lipinski definition) is 7. The molecule has 0 saturated carbocycles. The van der Waals surface area contributed by atoms with Crippen LogP contribution in [0.2, 0.25) is 0 Å². The molecule has 35 heavy (non-hydrogen) atoms. The molecule has 0 aliphatic carbocycles. The fourth-order valence-electron chi connectivity index (χ4n) is 4.94. The molecule has 1 saturated heterocycles. The van der Waals surface area contributed by atoms with Crippen molar-refractivity contribution in [2.24, 2.45) is 0 Å². The highest BCUT2D eigenvalue weighted by molar-refractivity contribution is 5.94. The van der Waals surface area contributed by atoms with Gasteiger partial charge in [-0.15, -0.1) is 5.10 Å². The highest BCUT2D eigenvalue weighted by Gasteiger charge is 2.26. The van der Waals surface area contributed by atoms with E-state index in [1.54, 1.807) is 11.0 Å². The first kappa shape index (κ1) is 23.2. The van der Waals surface area contributed by atoms with Crippen molar-refractivity contribution < 1.29 is 14.3 Å². The van der Waals surface area contributed by atoms with Crippen molar-refractivity contribution in [3.8, 4) is 5.69 Å². The van der Waals surface area contributed by atoms with Crippen LogP contribution in [0.3, 0.4) is 0 Å². The number of ether oxygens (including phenoxy) is 1. The molecule has 1 fully saturated rings. The summed E-state index contributed by atoms with van der Waals surface area (Å²) < 4.78 is 6.85. The zero-order valence-electron chi connectivity index (χ0n) is 20.0. The Labute approximate surface area is 204 Å². The number of esters is 1. The summed E-state index contributed by atoms with van der Waals surface area (Å²) in [5.41, 5.74) is 6.26. The van der Waals surface area contributed by atoms with Gasteiger partial charge in [0.2, 0.25) is 5.91 Å². The molecule has 3 aromatic rings. The highest BCUT2D eigenvalue weighted by Crippen LogP contribution is 2.28. The molecule has 182 valence electrons. The second kappa shape index (κ2) is 10.4. The van der Waals surface area contributed by atoms with Crippen LogP contribution in [-0.4, -0.2) is 74.6 Å². The molecule has 2 aromatic carbocycles. The summed E-state index contributed by atoms with van der Waals surface area (Å²) in [5, 5.41) is 11.2. The average Bonchev–Trinajstić information content (AvgIpc) is 3.55. The van der Waals surface area contributed by atoms with E-state index >= 15 is 0 Å². The van der Waals surface area contributed by atoms with Crippen LogP contribution in [0.25, 0.3) is 5.69 Å². The number of nitrogens with zero attached hydrogens (tertiary/aromatic N) is 6. The van der Waals surface area contributed by atoms with E-state index in [4.69, 9.17) is 4.74 Å². The van der Waals surface area contributed by atoms with Gasteiger partial charge in [-0.05, 0) is 58.2 Å². The molecular formula is C26H30N6O3. The van der Waals surface area contributed by atoms with Crippen molar-refractivity contribution in [2.45, 2.75) is 39.2 Å². The van der Waals surface area contributed by atoms with Crippen molar-refractivity contribution >= 4 is 11.9 Å². The predicted molar refractivity (Wildman–Crippen MR) is 129 cm³/mol. The number of aromatic nitrogens is 4. The molecule has 9 heteroatoms. The van der Waals surface area contributed by atoms with E-state index in [1.807, 2.05) is 35.2 Å². The van der Waals surface area contributed by atoms with E-state index in [9.17, 15) is 9.59 Å². The number of rotatable bonds is 8. The smallest absolute Gasteiger partial charge is 0.338 e. The van der Waals surface area contributed by atoms with Gasteiger partial charge in [-0.3, -0.25) is 9.69 Å². The minimum Gasteiger partial charge on any atom is -0.457 e. The number of fused-ring (bicyclic) bond motifs is 1. The van der Waals surface area contributed by atoms with Gasteiger partial charge in [-0.25, -0.2) is 9.48 Å². The van der Waals surface area contributed by atoms with Crippen LogP contribution in [0.1, 0.15) is 46.0 Å². The molecule has 0 spiro atoms. The summed E-state index contributed by atoms with van der Waals surface area (Å²) in [4.78, 5) is 29.2. The van der Waals surface area contributed by atoms with Gasteiger partial charge in [0.05, 0.1) is 17.7 Å². The molecule has 1 amide bonds. The van der Waals surface area contributed by atoms with Crippen LogP contribution in [0.15, 0.2) is 42.7 Å². The Morgan fingerprint density at radius 1 is 1.03 bits per heavy atom. The highest BCUT2D eigenvalue weighted by atomic mass is 16.5. The lowest BCUT2D eigenvalue weighted by Gasteiger charge is -2.35. The number of hydrogen-bond donors (Lipinski definition) is 0. The first-order chi connectivity index (χ1) is 17.1. The Hall–Kier alpha value is -3.59. The van der Waals surface area contributed by atoms with Crippen molar-refractivity contribution in [3.05, 3.63) is 70.5 Å². The third-order valence-corrected chi connectivity index (χ3v) is 6.92. The summed E-state index contributed by atoms with van der Waals surface area (Å²) in [6.07, 6.45) is 4.89. The van der Waals surface area contributed by atoms with Gasteiger partial charge < -0.3 is 9.64 Å². The maximum atomic E-state index is 12.8. The predicted octanol–water partition coefficient (Wildman–Crippen LogP) is 2.21. The second-order valence-corrected chi connectivity index (χ2v) is 9.13. The summed E-state index contributed by atoms with van der Waals surface area (Å²) >= 11 is 0. The number of piperazine rings is 1. The summed E-state index contributed by atoms with van der Waals surface area (Å²) in [6, 6.07) is 11.8. The van der Waals surface area contributed by atoms with E-state index in [0.29, 0.717) is 13.0 Å². The topological polar surface area (TPSA) is 93.5 Å². The van der Waals surface area contributed by atoms with Crippen molar-refractivity contribution in [2.75, 3.05) is 32.7 Å². The van der Waals surface area contributed by atoms with Gasteiger partial charge in [0, 0.05) is 38.3 Å². The Kier molecular flexibility index (Phi) is 6.85. The largest absolute Gasteiger partial charge is 0.457 e. The van der Waals surface area contributed by atoms with Gasteiger partial charge in [0.1, 0.15) is 12.9 Å². The molecule has 0 atom stereocenters. The van der Waals surface area contributed by atoms with Gasteiger partial charge in [-0.1, -0.05) is 31.5 Å². The molecule has 0 radical (unpaired) electrons. The van der Waals surface area contributed by atoms with Gasteiger partial charge in [0.15, 0.2) is 0 Å². The quantitative estimate of drug-likeness (QED) is 0.462. The van der Waals surface area contributed by atoms with E-state index in [0.717, 1.165) is 74.4 Å². The second-order valence-electron chi connectivity index (χ2n) is 9.13. The summed E-state index contributed by atoms with van der Waals surface area (Å²) in [5.74, 6) is -0.0403.